The molecule has 0 saturated heterocycles. The summed E-state index contributed by atoms with van der Waals surface area (Å²) in [5, 5.41) is 5.47. The molecule has 162 valence electrons. The summed E-state index contributed by atoms with van der Waals surface area (Å²) < 4.78 is 2.50. The molecular weight excluding hydrogens is 422 g/mol. The fourth-order valence-electron chi connectivity index (χ4n) is 6.90. The predicted octanol–water partition coefficient (Wildman–Crippen LogP) is 8.54. The second-order valence-corrected chi connectivity index (χ2v) is 10.1. The van der Waals surface area contributed by atoms with Crippen molar-refractivity contribution in [1.82, 2.24) is 4.40 Å². The molecule has 2 aromatic heterocycles. The highest BCUT2D eigenvalue weighted by Crippen LogP contribution is 2.47. The lowest BCUT2D eigenvalue weighted by molar-refractivity contribution is 1.26. The smallest absolute Gasteiger partial charge is 0.0547 e. The minimum atomic E-state index is 1.01. The third-order valence-corrected chi connectivity index (χ3v) is 8.39. The quantitative estimate of drug-likeness (QED) is 0.207. The van der Waals surface area contributed by atoms with Crippen molar-refractivity contribution in [2.24, 2.45) is 0 Å². The lowest BCUT2D eigenvalue weighted by atomic mass is 9.93. The van der Waals surface area contributed by atoms with Crippen LogP contribution in [0, 0.1) is 0 Å². The number of para-hydroxylation sites is 1. The van der Waals surface area contributed by atoms with Gasteiger partial charge in [-0.1, -0.05) is 78.9 Å². The summed E-state index contributed by atoms with van der Waals surface area (Å²) >= 11 is 0. The first-order valence-electron chi connectivity index (χ1n) is 12.5. The SMILES string of the molecule is c1ccc2c(c1)Cc1cc3c4c5c(ccc4c4cc6ccccc6n4c3cc1-2)-c1ccccc1C5. The third-order valence-electron chi connectivity index (χ3n) is 8.39. The first-order valence-corrected chi connectivity index (χ1v) is 12.5. The maximum Gasteiger partial charge on any atom is 0.0547 e. The summed E-state index contributed by atoms with van der Waals surface area (Å²) in [7, 11) is 0. The van der Waals surface area contributed by atoms with Crippen LogP contribution in [0.15, 0.2) is 103 Å². The van der Waals surface area contributed by atoms with Crippen LogP contribution < -0.4 is 0 Å². The van der Waals surface area contributed by atoms with E-state index in [0.29, 0.717) is 0 Å². The normalized spacial score (nSPS) is 13.5. The van der Waals surface area contributed by atoms with Crippen LogP contribution in [0.25, 0.3) is 60.3 Å². The number of fused-ring (bicyclic) bond motifs is 15. The molecule has 2 aliphatic rings. The Morgan fingerprint density at radius 1 is 0.457 bits per heavy atom. The highest BCUT2D eigenvalue weighted by atomic mass is 14.9. The zero-order chi connectivity index (χ0) is 22.7. The topological polar surface area (TPSA) is 4.41 Å². The van der Waals surface area contributed by atoms with E-state index in [4.69, 9.17) is 0 Å². The average Bonchev–Trinajstić information content (AvgIpc) is 3.58. The molecule has 35 heavy (non-hydrogen) atoms. The van der Waals surface area contributed by atoms with Gasteiger partial charge in [-0.2, -0.15) is 0 Å². The summed E-state index contributed by atoms with van der Waals surface area (Å²) in [4.78, 5) is 0. The number of rotatable bonds is 0. The van der Waals surface area contributed by atoms with Gasteiger partial charge in [0.2, 0.25) is 0 Å². The molecule has 2 heterocycles. The second-order valence-electron chi connectivity index (χ2n) is 10.1. The van der Waals surface area contributed by atoms with Gasteiger partial charge in [0.05, 0.1) is 16.6 Å². The first-order chi connectivity index (χ1) is 17.3. The van der Waals surface area contributed by atoms with E-state index in [-0.39, 0.29) is 0 Å². The Balaban J connectivity index is 1.52. The van der Waals surface area contributed by atoms with Gasteiger partial charge in [-0.25, -0.2) is 0 Å². The molecule has 0 amide bonds. The molecule has 5 aromatic carbocycles. The maximum atomic E-state index is 2.50. The van der Waals surface area contributed by atoms with E-state index in [0.717, 1.165) is 12.8 Å². The molecule has 0 atom stereocenters. The van der Waals surface area contributed by atoms with Crippen molar-refractivity contribution in [1.29, 1.82) is 0 Å². The van der Waals surface area contributed by atoms with Gasteiger partial charge in [-0.15, -0.1) is 0 Å². The van der Waals surface area contributed by atoms with Crippen molar-refractivity contribution in [3.05, 3.63) is 125 Å². The molecule has 1 heteroatoms. The highest BCUT2D eigenvalue weighted by Gasteiger charge is 2.25. The summed E-state index contributed by atoms with van der Waals surface area (Å²) in [5.41, 5.74) is 15.3. The molecule has 9 rings (SSSR count). The van der Waals surface area contributed by atoms with Crippen molar-refractivity contribution >= 4 is 38.1 Å². The van der Waals surface area contributed by atoms with Crippen LogP contribution in [-0.2, 0) is 12.8 Å². The van der Waals surface area contributed by atoms with Crippen LogP contribution in [0.2, 0.25) is 0 Å². The zero-order valence-corrected chi connectivity index (χ0v) is 19.2. The van der Waals surface area contributed by atoms with Gasteiger partial charge in [0.15, 0.2) is 0 Å². The second kappa shape index (κ2) is 6.20. The molecule has 0 fully saturated rings. The first kappa shape index (κ1) is 18.0. The molecule has 1 nitrogen and oxygen atoms in total. The number of hydrogen-bond acceptors (Lipinski definition) is 0. The number of nitrogens with zero attached hydrogens (tertiary/aromatic N) is 1. The fourth-order valence-corrected chi connectivity index (χ4v) is 6.90. The Labute approximate surface area is 202 Å². The molecule has 0 N–H and O–H groups in total. The van der Waals surface area contributed by atoms with Crippen molar-refractivity contribution in [3.63, 3.8) is 0 Å². The van der Waals surface area contributed by atoms with Crippen molar-refractivity contribution in [2.45, 2.75) is 12.8 Å². The summed E-state index contributed by atoms with van der Waals surface area (Å²) in [5.74, 6) is 0. The van der Waals surface area contributed by atoms with Gasteiger partial charge in [-0.3, -0.25) is 0 Å². The monoisotopic (exact) mass is 443 g/mol. The minimum Gasteiger partial charge on any atom is -0.309 e. The third kappa shape index (κ3) is 2.19. The largest absolute Gasteiger partial charge is 0.309 e. The number of pyridine rings is 1. The predicted molar refractivity (Wildman–Crippen MR) is 146 cm³/mol. The van der Waals surface area contributed by atoms with Gasteiger partial charge in [-0.05, 0) is 87.0 Å². The Bertz CT molecular complexity index is 2050. The average molecular weight is 444 g/mol. The lowest BCUT2D eigenvalue weighted by Crippen LogP contribution is -1.95. The van der Waals surface area contributed by atoms with Gasteiger partial charge in [0.1, 0.15) is 0 Å². The highest BCUT2D eigenvalue weighted by molar-refractivity contribution is 6.19. The molecule has 2 aliphatic carbocycles. The Morgan fingerprint density at radius 3 is 2.06 bits per heavy atom. The van der Waals surface area contributed by atoms with Crippen LogP contribution in [0.5, 0.6) is 0 Å². The van der Waals surface area contributed by atoms with Crippen molar-refractivity contribution in [3.8, 4) is 22.3 Å². The Morgan fingerprint density at radius 2 is 1.17 bits per heavy atom. The van der Waals surface area contributed by atoms with E-state index >= 15 is 0 Å². The Hall–Kier alpha value is -4.36. The van der Waals surface area contributed by atoms with Crippen LogP contribution >= 0.6 is 0 Å². The van der Waals surface area contributed by atoms with E-state index in [2.05, 4.69) is 108 Å². The molecule has 0 aliphatic heterocycles. The molecule has 0 unspecified atom stereocenters. The molecular formula is C34H21N. The number of hydrogen-bond donors (Lipinski definition) is 0. The molecule has 0 radical (unpaired) electrons. The summed E-state index contributed by atoms with van der Waals surface area (Å²) in [6, 6.07) is 38.7. The lowest BCUT2D eigenvalue weighted by Gasteiger charge is -2.15. The molecule has 0 spiro atoms. The van der Waals surface area contributed by atoms with Crippen molar-refractivity contribution in [2.75, 3.05) is 0 Å². The van der Waals surface area contributed by atoms with Gasteiger partial charge < -0.3 is 4.40 Å². The van der Waals surface area contributed by atoms with Crippen molar-refractivity contribution < 1.29 is 0 Å². The number of aromatic nitrogens is 1. The van der Waals surface area contributed by atoms with Gasteiger partial charge in [0, 0.05) is 16.2 Å². The van der Waals surface area contributed by atoms with E-state index in [1.54, 1.807) is 0 Å². The van der Waals surface area contributed by atoms with Crippen LogP contribution in [0.1, 0.15) is 22.3 Å². The van der Waals surface area contributed by atoms with Gasteiger partial charge >= 0.3 is 0 Å². The van der Waals surface area contributed by atoms with Crippen LogP contribution in [-0.4, -0.2) is 4.40 Å². The minimum absolute atomic E-state index is 1.01. The Kier molecular flexibility index (Phi) is 3.19. The molecule has 0 saturated carbocycles. The fraction of sp³-hybridized carbons (Fsp3) is 0.0588. The van der Waals surface area contributed by atoms with Crippen LogP contribution in [0.3, 0.4) is 0 Å². The molecule has 7 aromatic rings. The van der Waals surface area contributed by atoms with E-state index in [1.807, 2.05) is 0 Å². The number of benzene rings is 5. The maximum absolute atomic E-state index is 2.50. The van der Waals surface area contributed by atoms with Crippen LogP contribution in [0.4, 0.5) is 0 Å². The van der Waals surface area contributed by atoms with E-state index < -0.39 is 0 Å². The standard InChI is InChI=1S/C34H21N/c1-5-11-25-20(7-1)15-23-17-30-33(19-28(23)25)35-31-12-6-3-9-22(31)18-32(35)27-14-13-26-24-10-4-2-8-21(24)16-29(26)34(27)30/h1-14,17-19H,15-16H2. The molecule has 0 bridgehead atoms. The van der Waals surface area contributed by atoms with Gasteiger partial charge in [0.25, 0.3) is 0 Å². The summed E-state index contributed by atoms with van der Waals surface area (Å²) in [6.45, 7) is 0. The van der Waals surface area contributed by atoms with E-state index in [1.165, 1.54) is 82.6 Å². The van der Waals surface area contributed by atoms with E-state index in [9.17, 15) is 0 Å². The zero-order valence-electron chi connectivity index (χ0n) is 19.2. The summed E-state index contributed by atoms with van der Waals surface area (Å²) in [6.07, 6.45) is 2.02.